The number of benzene rings is 1. The minimum Gasteiger partial charge on any atom is -0.508 e. The number of hydrogen-bond acceptors (Lipinski definition) is 5. The molecular weight excluding hydrogens is 430 g/mol. The van der Waals surface area contributed by atoms with Crippen molar-refractivity contribution >= 4 is 22.9 Å². The molecule has 2 unspecified atom stereocenters. The molecule has 0 radical (unpaired) electrons. The quantitative estimate of drug-likeness (QED) is 0.448. The van der Waals surface area contributed by atoms with E-state index in [4.69, 9.17) is 4.98 Å². The Morgan fingerprint density at radius 1 is 1.27 bits per heavy atom. The van der Waals surface area contributed by atoms with Crippen molar-refractivity contribution < 1.29 is 9.90 Å². The van der Waals surface area contributed by atoms with Crippen molar-refractivity contribution in [2.75, 3.05) is 4.90 Å². The molecule has 1 aromatic carbocycles. The lowest BCUT2D eigenvalue weighted by atomic mass is 9.81. The second-order valence-electron chi connectivity index (χ2n) is 8.93. The third kappa shape index (κ3) is 4.81. The van der Waals surface area contributed by atoms with Crippen LogP contribution in [-0.4, -0.2) is 21.0 Å². The fraction of sp³-hybridized carbons (Fsp3) is 0.444. The van der Waals surface area contributed by atoms with Crippen LogP contribution in [-0.2, 0) is 24.2 Å². The van der Waals surface area contributed by atoms with Crippen LogP contribution in [0.25, 0.3) is 0 Å². The van der Waals surface area contributed by atoms with Gasteiger partial charge in [0, 0.05) is 10.6 Å². The molecule has 1 aliphatic carbocycles. The van der Waals surface area contributed by atoms with Gasteiger partial charge in [0.1, 0.15) is 5.75 Å². The minimum absolute atomic E-state index is 0.0606. The lowest BCUT2D eigenvalue weighted by Crippen LogP contribution is -2.36. The monoisotopic (exact) mass is 463 g/mol. The largest absolute Gasteiger partial charge is 0.508 e. The van der Waals surface area contributed by atoms with Crippen LogP contribution >= 0.6 is 11.3 Å². The normalized spacial score (nSPS) is 16.3. The van der Waals surface area contributed by atoms with Crippen molar-refractivity contribution in [2.45, 2.75) is 78.2 Å². The van der Waals surface area contributed by atoms with E-state index >= 15 is 0 Å². The van der Waals surface area contributed by atoms with E-state index in [9.17, 15) is 9.90 Å². The van der Waals surface area contributed by atoms with Crippen LogP contribution in [0.1, 0.15) is 84.3 Å². The zero-order valence-electron chi connectivity index (χ0n) is 20.0. The van der Waals surface area contributed by atoms with Crippen LogP contribution in [0.5, 0.6) is 5.75 Å². The number of fused-ring (bicyclic) bond motifs is 1. The number of carbonyl (C=O) groups is 1. The lowest BCUT2D eigenvalue weighted by Gasteiger charge is -2.31. The van der Waals surface area contributed by atoms with Gasteiger partial charge in [0.15, 0.2) is 0 Å². The summed E-state index contributed by atoms with van der Waals surface area (Å²) in [5.74, 6) is 0.466. The zero-order valence-corrected chi connectivity index (χ0v) is 20.8. The van der Waals surface area contributed by atoms with E-state index in [1.165, 1.54) is 0 Å². The van der Waals surface area contributed by atoms with Crippen LogP contribution in [0.15, 0.2) is 36.5 Å². The highest BCUT2D eigenvalue weighted by Crippen LogP contribution is 2.38. The Labute approximate surface area is 200 Å². The average molecular weight is 464 g/mol. The van der Waals surface area contributed by atoms with Gasteiger partial charge >= 0.3 is 0 Å². The Morgan fingerprint density at radius 3 is 2.76 bits per heavy atom. The number of phenols is 1. The van der Waals surface area contributed by atoms with E-state index < -0.39 is 0 Å². The third-order valence-corrected chi connectivity index (χ3v) is 8.07. The van der Waals surface area contributed by atoms with Gasteiger partial charge < -0.3 is 10.0 Å². The standard InChI is InChI=1S/C27H33N3O2S/c1-5-17(3)23-14-13-19(15-28-23)30(16-25-18(4)29-26(6-2)33-25)27(32)22-11-7-10-21-20(22)9-8-12-24(21)31/h8-9,12-15,17,22,31H,5-7,10-11,16H2,1-4H3. The fourth-order valence-electron chi connectivity index (χ4n) is 4.56. The van der Waals surface area contributed by atoms with Crippen molar-refractivity contribution in [3.63, 3.8) is 0 Å². The molecule has 0 aliphatic heterocycles. The number of aromatic nitrogens is 2. The summed E-state index contributed by atoms with van der Waals surface area (Å²) >= 11 is 1.68. The van der Waals surface area contributed by atoms with Crippen LogP contribution < -0.4 is 4.90 Å². The van der Waals surface area contributed by atoms with E-state index in [1.54, 1.807) is 17.4 Å². The summed E-state index contributed by atoms with van der Waals surface area (Å²) in [5, 5.41) is 11.5. The molecule has 2 heterocycles. The predicted octanol–water partition coefficient (Wildman–Crippen LogP) is 6.28. The molecule has 0 bridgehead atoms. The lowest BCUT2D eigenvalue weighted by molar-refractivity contribution is -0.120. The Hall–Kier alpha value is -2.73. The molecule has 4 rings (SSSR count). The fourth-order valence-corrected chi connectivity index (χ4v) is 5.56. The Morgan fingerprint density at radius 2 is 2.09 bits per heavy atom. The molecule has 33 heavy (non-hydrogen) atoms. The molecule has 0 spiro atoms. The highest BCUT2D eigenvalue weighted by Gasteiger charge is 2.32. The van der Waals surface area contributed by atoms with Gasteiger partial charge in [-0.05, 0) is 74.3 Å². The van der Waals surface area contributed by atoms with E-state index in [0.717, 1.165) is 70.2 Å². The molecule has 0 saturated heterocycles. The predicted molar refractivity (Wildman–Crippen MR) is 134 cm³/mol. The summed E-state index contributed by atoms with van der Waals surface area (Å²) in [7, 11) is 0. The van der Waals surface area contributed by atoms with E-state index in [1.807, 2.05) is 42.3 Å². The first-order valence-electron chi connectivity index (χ1n) is 12.0. The first-order chi connectivity index (χ1) is 15.9. The Bertz CT molecular complexity index is 1120. The smallest absolute Gasteiger partial charge is 0.234 e. The molecule has 2 aromatic heterocycles. The number of thiazole rings is 1. The number of nitrogens with zero attached hydrogens (tertiary/aromatic N) is 3. The SMILES string of the molecule is CCc1nc(C)c(CN(C(=O)C2CCCc3c(O)cccc32)c2ccc(C(C)CC)nc2)s1. The summed E-state index contributed by atoms with van der Waals surface area (Å²) in [4.78, 5) is 26.4. The van der Waals surface area contributed by atoms with E-state index in [0.29, 0.717) is 18.2 Å². The van der Waals surface area contributed by atoms with Crippen molar-refractivity contribution in [3.05, 3.63) is 68.9 Å². The number of rotatable bonds is 7. The van der Waals surface area contributed by atoms with E-state index in [2.05, 4.69) is 25.8 Å². The summed E-state index contributed by atoms with van der Waals surface area (Å²) < 4.78 is 0. The summed E-state index contributed by atoms with van der Waals surface area (Å²) in [5.41, 5.74) is 4.71. The van der Waals surface area contributed by atoms with Gasteiger partial charge in [-0.2, -0.15) is 0 Å². The number of carbonyl (C=O) groups excluding carboxylic acids is 1. The molecule has 5 nitrogen and oxygen atoms in total. The molecule has 3 aromatic rings. The summed E-state index contributed by atoms with van der Waals surface area (Å²) in [6.07, 6.45) is 6.23. The van der Waals surface area contributed by atoms with Crippen LogP contribution in [0.4, 0.5) is 5.69 Å². The van der Waals surface area contributed by atoms with Gasteiger partial charge in [0.05, 0.1) is 35.0 Å². The summed E-state index contributed by atoms with van der Waals surface area (Å²) in [6.45, 7) is 8.93. The van der Waals surface area contributed by atoms with Crippen molar-refractivity contribution in [2.24, 2.45) is 0 Å². The van der Waals surface area contributed by atoms with Crippen molar-refractivity contribution in [1.82, 2.24) is 9.97 Å². The molecule has 2 atom stereocenters. The number of anilines is 1. The first kappa shape index (κ1) is 23.4. The minimum atomic E-state index is -0.269. The van der Waals surface area contributed by atoms with Gasteiger partial charge in [0.2, 0.25) is 5.91 Å². The Balaban J connectivity index is 1.72. The number of phenolic OH excluding ortho intramolecular Hbond substituents is 1. The molecular formula is C27H33N3O2S. The third-order valence-electron chi connectivity index (χ3n) is 6.79. The highest BCUT2D eigenvalue weighted by molar-refractivity contribution is 7.11. The van der Waals surface area contributed by atoms with Gasteiger partial charge in [-0.25, -0.2) is 4.98 Å². The number of pyridine rings is 1. The highest BCUT2D eigenvalue weighted by atomic mass is 32.1. The number of amides is 1. The molecule has 0 saturated carbocycles. The second kappa shape index (κ2) is 10.0. The van der Waals surface area contributed by atoms with Crippen LogP contribution in [0.3, 0.4) is 0 Å². The maximum absolute atomic E-state index is 14.0. The van der Waals surface area contributed by atoms with Crippen LogP contribution in [0, 0.1) is 6.92 Å². The van der Waals surface area contributed by atoms with Gasteiger partial charge in [-0.15, -0.1) is 11.3 Å². The molecule has 174 valence electrons. The van der Waals surface area contributed by atoms with Crippen molar-refractivity contribution in [3.8, 4) is 5.75 Å². The molecule has 1 amide bonds. The second-order valence-corrected chi connectivity index (χ2v) is 10.1. The van der Waals surface area contributed by atoms with Crippen LogP contribution in [0.2, 0.25) is 0 Å². The zero-order chi connectivity index (χ0) is 23.5. The van der Waals surface area contributed by atoms with Gasteiger partial charge in [-0.3, -0.25) is 9.78 Å². The molecule has 0 fully saturated rings. The molecule has 6 heteroatoms. The number of aromatic hydroxyl groups is 1. The van der Waals surface area contributed by atoms with E-state index in [-0.39, 0.29) is 11.8 Å². The van der Waals surface area contributed by atoms with Gasteiger partial charge in [0.25, 0.3) is 0 Å². The van der Waals surface area contributed by atoms with Gasteiger partial charge in [-0.1, -0.05) is 32.9 Å². The maximum Gasteiger partial charge on any atom is 0.234 e. The topological polar surface area (TPSA) is 66.3 Å². The molecule has 1 aliphatic rings. The number of aryl methyl sites for hydroxylation is 2. The average Bonchev–Trinajstić information content (AvgIpc) is 3.21. The Kier molecular flexibility index (Phi) is 7.13. The van der Waals surface area contributed by atoms with Crippen molar-refractivity contribution in [1.29, 1.82) is 0 Å². The maximum atomic E-state index is 14.0. The first-order valence-corrected chi connectivity index (χ1v) is 12.8. The summed E-state index contributed by atoms with van der Waals surface area (Å²) in [6, 6.07) is 9.62. The number of hydrogen-bond donors (Lipinski definition) is 1. The molecule has 1 N–H and O–H groups in total.